The van der Waals surface area contributed by atoms with Gasteiger partial charge in [0.1, 0.15) is 24.7 Å². The summed E-state index contributed by atoms with van der Waals surface area (Å²) in [5.41, 5.74) is 10.9. The molecule has 5 aromatic rings. The van der Waals surface area contributed by atoms with Crippen molar-refractivity contribution in [3.63, 3.8) is 0 Å². The minimum absolute atomic E-state index is 0.296. The maximum absolute atomic E-state index is 7.32. The first-order valence-electron chi connectivity index (χ1n) is 20.7. The zero-order valence-electron chi connectivity index (χ0n) is 33.8. The van der Waals surface area contributed by atoms with Gasteiger partial charge in [0, 0.05) is 78.4 Å². The second-order valence-corrected chi connectivity index (χ2v) is 16.5. The van der Waals surface area contributed by atoms with Crippen LogP contribution < -0.4 is 25.4 Å². The summed E-state index contributed by atoms with van der Waals surface area (Å²) >= 11 is 12.1. The lowest BCUT2D eigenvalue weighted by Crippen LogP contribution is -2.50. The lowest BCUT2D eigenvalue weighted by atomic mass is 9.97. The van der Waals surface area contributed by atoms with E-state index in [2.05, 4.69) is 102 Å². The van der Waals surface area contributed by atoms with E-state index in [9.17, 15) is 0 Å². The van der Waals surface area contributed by atoms with Crippen LogP contribution in [0.5, 0.6) is 11.5 Å². The van der Waals surface area contributed by atoms with E-state index in [-0.39, 0.29) is 0 Å². The number of rotatable bonds is 7. The molecule has 4 N–H and O–H groups in total. The van der Waals surface area contributed by atoms with Crippen LogP contribution in [-0.4, -0.2) is 88.5 Å². The Balaban J connectivity index is 0.000000171. The summed E-state index contributed by atoms with van der Waals surface area (Å²) in [5, 5.41) is 19.3. The van der Waals surface area contributed by atoms with Gasteiger partial charge in [0.25, 0.3) is 0 Å². The number of nitrogens with zero attached hydrogens (tertiary/aromatic N) is 6. The molecule has 1 aromatic heterocycles. The summed E-state index contributed by atoms with van der Waals surface area (Å²) in [6.45, 7) is 8.75. The maximum atomic E-state index is 7.32. The van der Waals surface area contributed by atoms with Gasteiger partial charge >= 0.3 is 0 Å². The van der Waals surface area contributed by atoms with E-state index in [1.165, 1.54) is 42.0 Å². The molecule has 4 aromatic carbocycles. The molecule has 310 valence electrons. The van der Waals surface area contributed by atoms with Crippen molar-refractivity contribution < 1.29 is 9.47 Å². The molecule has 0 saturated carbocycles. The first-order chi connectivity index (χ1) is 28.9. The monoisotopic (exact) mass is 835 g/mol. The molecule has 9 rings (SSSR count). The molecule has 0 radical (unpaired) electrons. The summed E-state index contributed by atoms with van der Waals surface area (Å²) in [4.78, 5) is 11.8. The molecule has 11 nitrogen and oxygen atoms in total. The Morgan fingerprint density at radius 3 is 1.63 bits per heavy atom. The smallest absolute Gasteiger partial charge is 0.246 e. The molecule has 0 bridgehead atoms. The lowest BCUT2D eigenvalue weighted by molar-refractivity contribution is 0.0800. The Labute approximate surface area is 358 Å². The molecular formula is C46H55Cl2N9O2. The summed E-state index contributed by atoms with van der Waals surface area (Å²) in [6, 6.07) is 36.8. The fourth-order valence-corrected chi connectivity index (χ4v) is 8.95. The molecule has 2 atom stereocenters. The quantitative estimate of drug-likeness (QED) is 0.149. The van der Waals surface area contributed by atoms with Gasteiger partial charge in [-0.3, -0.25) is 9.80 Å². The first-order valence-corrected chi connectivity index (χ1v) is 21.5. The largest absolute Gasteiger partial charge is 0.492 e. The summed E-state index contributed by atoms with van der Waals surface area (Å²) in [6.07, 6.45) is 6.44. The van der Waals surface area contributed by atoms with Crippen LogP contribution in [0.2, 0.25) is 10.0 Å². The number of nitriles is 1. The Kier molecular flexibility index (Phi) is 15.0. The first kappa shape index (κ1) is 42.3. The van der Waals surface area contributed by atoms with Crippen molar-refractivity contribution in [3.05, 3.63) is 129 Å². The van der Waals surface area contributed by atoms with Crippen LogP contribution in [0, 0.1) is 11.3 Å². The fourth-order valence-electron chi connectivity index (χ4n) is 8.70. The van der Waals surface area contributed by atoms with Crippen molar-refractivity contribution in [3.8, 4) is 17.6 Å². The van der Waals surface area contributed by atoms with Crippen LogP contribution in [0.3, 0.4) is 0 Å². The van der Waals surface area contributed by atoms with Crippen LogP contribution in [0.1, 0.15) is 54.9 Å². The van der Waals surface area contributed by atoms with Gasteiger partial charge in [-0.2, -0.15) is 10.2 Å². The molecule has 4 aliphatic heterocycles. The number of halogens is 2. The molecule has 4 aliphatic rings. The number of nitrogen functional groups attached to an aromatic ring is 1. The van der Waals surface area contributed by atoms with Crippen molar-refractivity contribution in [2.24, 2.45) is 0 Å². The number of benzene rings is 4. The van der Waals surface area contributed by atoms with Crippen molar-refractivity contribution >= 4 is 35.1 Å². The molecular weight excluding hydrogens is 781 g/mol. The summed E-state index contributed by atoms with van der Waals surface area (Å²) in [7, 11) is 0. The highest BCUT2D eigenvalue weighted by atomic mass is 35.5. The number of aromatic amines is 1. The number of nitrogens with one attached hydrogen (secondary N) is 2. The predicted molar refractivity (Wildman–Crippen MR) is 236 cm³/mol. The van der Waals surface area contributed by atoms with Crippen molar-refractivity contribution in [2.75, 3.05) is 50.0 Å². The maximum Gasteiger partial charge on any atom is 0.246 e. The topological polar surface area (TPSA) is 132 Å². The number of piperidine rings is 2. The number of nitrogens with two attached hydrogens (primary N) is 1. The van der Waals surface area contributed by atoms with E-state index in [0.717, 1.165) is 93.1 Å². The van der Waals surface area contributed by atoms with Gasteiger partial charge in [-0.15, -0.1) is 5.10 Å². The molecule has 2 saturated heterocycles. The Hall–Kier alpha value is -4.83. The zero-order valence-corrected chi connectivity index (χ0v) is 35.3. The van der Waals surface area contributed by atoms with Gasteiger partial charge < -0.3 is 25.4 Å². The molecule has 13 heteroatoms. The molecule has 59 heavy (non-hydrogen) atoms. The third-order valence-corrected chi connectivity index (χ3v) is 12.2. The second kappa shape index (κ2) is 20.9. The fraction of sp³-hybridized carbons (Fsp3) is 0.413. The van der Waals surface area contributed by atoms with Gasteiger partial charge in [0.05, 0.1) is 6.07 Å². The van der Waals surface area contributed by atoms with Crippen LogP contribution in [0.25, 0.3) is 0 Å². The zero-order chi connectivity index (χ0) is 41.0. The molecule has 0 aliphatic carbocycles. The minimum atomic E-state index is 0.296. The number of ether oxygens (including phenoxy) is 2. The highest BCUT2D eigenvalue weighted by Gasteiger charge is 2.34. The minimum Gasteiger partial charge on any atom is -0.492 e. The van der Waals surface area contributed by atoms with E-state index in [4.69, 9.17) is 43.7 Å². The number of fused-ring (bicyclic) bond motifs is 2. The number of H-pyrrole nitrogens is 1. The molecule has 5 heterocycles. The molecule has 0 unspecified atom stereocenters. The average Bonchev–Trinajstić information content (AvgIpc) is 3.51. The Bertz CT molecular complexity index is 2090. The van der Waals surface area contributed by atoms with Gasteiger partial charge in [0.15, 0.2) is 0 Å². The normalized spacial score (nSPS) is 20.1. The Morgan fingerprint density at radius 1 is 0.712 bits per heavy atom. The van der Waals surface area contributed by atoms with Crippen LogP contribution >= 0.6 is 23.2 Å². The summed E-state index contributed by atoms with van der Waals surface area (Å²) in [5.74, 6) is 3.10. The summed E-state index contributed by atoms with van der Waals surface area (Å²) < 4.78 is 12.4. The average molecular weight is 837 g/mol. The number of hydrogen-bond acceptors (Lipinski definition) is 10. The van der Waals surface area contributed by atoms with Crippen molar-refractivity contribution in [2.45, 2.75) is 82.7 Å². The SMILES string of the molecule is CC#N.Clc1ccc(C[C@H]2COc3ccccc3CN2C2CCNCC2)cc1.Nc1nc(N2CCC(N3Cc4ccccc4OC[C@@H]3Cc3ccc(Cl)cc3)CC2)n[nH]1. The van der Waals surface area contributed by atoms with Crippen molar-refractivity contribution in [1.82, 2.24) is 30.3 Å². The van der Waals surface area contributed by atoms with E-state index in [1.54, 1.807) is 6.07 Å². The van der Waals surface area contributed by atoms with Crippen LogP contribution in [-0.2, 0) is 25.9 Å². The molecule has 0 amide bonds. The van der Waals surface area contributed by atoms with E-state index in [1.807, 2.05) is 30.3 Å². The highest BCUT2D eigenvalue weighted by molar-refractivity contribution is 6.30. The third-order valence-electron chi connectivity index (χ3n) is 11.7. The van der Waals surface area contributed by atoms with Gasteiger partial charge in [-0.25, -0.2) is 5.10 Å². The lowest BCUT2D eigenvalue weighted by Gasteiger charge is -2.41. The number of para-hydroxylation sites is 2. The number of anilines is 2. The van der Waals surface area contributed by atoms with E-state index < -0.39 is 0 Å². The molecule has 0 spiro atoms. The molecule has 2 fully saturated rings. The van der Waals surface area contributed by atoms with Crippen LogP contribution in [0.15, 0.2) is 97.1 Å². The van der Waals surface area contributed by atoms with Gasteiger partial charge in [-0.1, -0.05) is 83.9 Å². The Morgan fingerprint density at radius 2 is 1.17 bits per heavy atom. The highest BCUT2D eigenvalue weighted by Crippen LogP contribution is 2.32. The van der Waals surface area contributed by atoms with E-state index in [0.29, 0.717) is 42.7 Å². The number of hydrogen-bond donors (Lipinski definition) is 3. The second-order valence-electron chi connectivity index (χ2n) is 15.6. The van der Waals surface area contributed by atoms with Gasteiger partial charge in [0.2, 0.25) is 11.9 Å². The standard InChI is InChI=1S/C23H27ClN6O.C21H25ClN2O.C2H3N/c24-18-7-5-16(6-8-18)13-20-15-31-21-4-2-1-3-17(21)14-30(20)19-9-11-29(12-10-19)23-26-22(25)27-28-23;22-18-7-5-16(6-8-18)13-20-15-25-21-4-2-1-3-17(21)14-24(20)19-9-11-23-12-10-19;1-2-3/h1-8,19-20H,9-15H2,(H3,25,26,27,28);1-8,19-20,23H,9-15H2;1H3/t2*20-;/m00./s1. The third kappa shape index (κ3) is 11.5. The van der Waals surface area contributed by atoms with Crippen molar-refractivity contribution in [1.29, 1.82) is 5.26 Å². The van der Waals surface area contributed by atoms with Crippen LogP contribution in [0.4, 0.5) is 11.9 Å². The predicted octanol–water partition coefficient (Wildman–Crippen LogP) is 7.94. The van der Waals surface area contributed by atoms with E-state index >= 15 is 0 Å². The van der Waals surface area contributed by atoms with Gasteiger partial charge in [-0.05, 0) is 99.1 Å². The number of aromatic nitrogens is 3.